The number of benzene rings is 1. The van der Waals surface area contributed by atoms with Gasteiger partial charge >= 0.3 is 0 Å². The van der Waals surface area contributed by atoms with Gasteiger partial charge in [0.25, 0.3) is 5.91 Å². The molecule has 29 heavy (non-hydrogen) atoms. The fraction of sp³-hybridized carbons (Fsp3) is 0.300. The maximum Gasteiger partial charge on any atom is 0.272 e. The van der Waals surface area contributed by atoms with Gasteiger partial charge in [0.1, 0.15) is 27.5 Å². The summed E-state index contributed by atoms with van der Waals surface area (Å²) in [6.07, 6.45) is 5.91. The first-order chi connectivity index (χ1) is 13.7. The lowest BCUT2D eigenvalue weighted by atomic mass is 9.99. The van der Waals surface area contributed by atoms with E-state index in [2.05, 4.69) is 10.0 Å². The van der Waals surface area contributed by atoms with E-state index in [1.165, 1.54) is 22.9 Å². The minimum absolute atomic E-state index is 0.163. The quantitative estimate of drug-likeness (QED) is 0.709. The molecule has 9 heteroatoms. The predicted octanol–water partition coefficient (Wildman–Crippen LogP) is 3.64. The van der Waals surface area contributed by atoms with Crippen LogP contribution in [0.4, 0.5) is 10.1 Å². The lowest BCUT2D eigenvalue weighted by Gasteiger charge is -2.20. The van der Waals surface area contributed by atoms with Crippen LogP contribution in [0.5, 0.6) is 0 Å². The molecule has 3 rings (SSSR count). The molecule has 2 heterocycles. The molecule has 2 unspecified atom stereocenters. The maximum atomic E-state index is 13.5. The molecule has 3 atom stereocenters. The van der Waals surface area contributed by atoms with Gasteiger partial charge in [0.15, 0.2) is 0 Å². The van der Waals surface area contributed by atoms with Gasteiger partial charge in [-0.05, 0) is 24.1 Å². The molecule has 1 aromatic heterocycles. The van der Waals surface area contributed by atoms with Crippen molar-refractivity contribution >= 4 is 27.6 Å². The second kappa shape index (κ2) is 7.81. The van der Waals surface area contributed by atoms with Crippen LogP contribution in [0.15, 0.2) is 35.4 Å². The van der Waals surface area contributed by atoms with E-state index in [0.29, 0.717) is 5.56 Å². The Balaban J connectivity index is 2.02. The van der Waals surface area contributed by atoms with E-state index in [-0.39, 0.29) is 33.8 Å². The van der Waals surface area contributed by atoms with Crippen LogP contribution in [-0.2, 0) is 17.0 Å². The smallest absolute Gasteiger partial charge is 0.272 e. The highest BCUT2D eigenvalue weighted by molar-refractivity contribution is 7.90. The highest BCUT2D eigenvalue weighted by Crippen LogP contribution is 2.29. The molecule has 0 aliphatic carbocycles. The van der Waals surface area contributed by atoms with Crippen LogP contribution in [0.25, 0.3) is 6.08 Å². The summed E-state index contributed by atoms with van der Waals surface area (Å²) in [7, 11) is -1.68. The van der Waals surface area contributed by atoms with E-state index in [1.54, 1.807) is 19.2 Å². The summed E-state index contributed by atoms with van der Waals surface area (Å²) in [4.78, 5) is 13.2. The van der Waals surface area contributed by atoms with Crippen LogP contribution < -0.4 is 10.0 Å². The average Bonchev–Trinajstić information content (AvgIpc) is 2.96. The number of halogens is 1. The molecule has 3 N–H and O–H groups in total. The summed E-state index contributed by atoms with van der Waals surface area (Å²) < 4.78 is 39.3. The topological polar surface area (TPSA) is 111 Å². The molecule has 1 aliphatic rings. The van der Waals surface area contributed by atoms with Gasteiger partial charge in [-0.15, -0.1) is 0 Å². The normalized spacial score (nSPS) is 21.7. The Labute approximate surface area is 169 Å². The van der Waals surface area contributed by atoms with E-state index in [1.807, 2.05) is 19.9 Å². The molecular formula is C20H22FN5O2S. The molecule has 2 aromatic rings. The van der Waals surface area contributed by atoms with Gasteiger partial charge in [-0.2, -0.15) is 5.26 Å². The zero-order valence-corrected chi connectivity index (χ0v) is 17.1. The van der Waals surface area contributed by atoms with Crippen molar-refractivity contribution in [1.29, 1.82) is 10.0 Å². The van der Waals surface area contributed by atoms with Gasteiger partial charge in [0, 0.05) is 30.5 Å². The van der Waals surface area contributed by atoms with Gasteiger partial charge < -0.3 is 9.88 Å². The van der Waals surface area contributed by atoms with E-state index < -0.39 is 21.6 Å². The molecule has 7 nitrogen and oxygen atoms in total. The first-order valence-corrected chi connectivity index (χ1v) is 10.7. The molecule has 1 aromatic carbocycles. The number of carbonyl (C=O) groups excluding carboxylic acids is 1. The van der Waals surface area contributed by atoms with Crippen LogP contribution in [0.1, 0.15) is 41.9 Å². The summed E-state index contributed by atoms with van der Waals surface area (Å²) in [5.74, 6) is -1.01. The number of carbonyl (C=O) groups is 1. The summed E-state index contributed by atoms with van der Waals surface area (Å²) in [6.45, 7) is 4.02. The highest BCUT2D eigenvalue weighted by atomic mass is 32.2. The fourth-order valence-electron chi connectivity index (χ4n) is 3.22. The Kier molecular flexibility index (Phi) is 5.59. The first kappa shape index (κ1) is 20.8. The largest absolute Gasteiger partial charge is 0.345 e. The van der Waals surface area contributed by atoms with Crippen LogP contribution in [0, 0.1) is 27.8 Å². The van der Waals surface area contributed by atoms with Crippen molar-refractivity contribution in [2.75, 3.05) is 5.32 Å². The van der Waals surface area contributed by atoms with Crippen LogP contribution in [-0.4, -0.2) is 20.7 Å². The van der Waals surface area contributed by atoms with Crippen molar-refractivity contribution in [3.63, 3.8) is 0 Å². The number of rotatable bonds is 4. The molecule has 152 valence electrons. The van der Waals surface area contributed by atoms with Crippen molar-refractivity contribution in [2.24, 2.45) is 13.0 Å². The lowest BCUT2D eigenvalue weighted by Crippen LogP contribution is -2.36. The van der Waals surface area contributed by atoms with E-state index in [4.69, 9.17) is 10.0 Å². The molecular weight excluding hydrogens is 393 g/mol. The lowest BCUT2D eigenvalue weighted by molar-refractivity contribution is 0.101. The summed E-state index contributed by atoms with van der Waals surface area (Å²) in [5.41, 5.74) is 0.725. The van der Waals surface area contributed by atoms with Gasteiger partial charge in [-0.25, -0.2) is 18.1 Å². The Morgan fingerprint density at radius 2 is 2.24 bits per heavy atom. The van der Waals surface area contributed by atoms with Crippen molar-refractivity contribution in [3.05, 3.63) is 53.1 Å². The second-order valence-electron chi connectivity index (χ2n) is 7.07. The molecule has 1 amide bonds. The second-order valence-corrected chi connectivity index (χ2v) is 8.86. The first-order valence-electron chi connectivity index (χ1n) is 9.12. The molecule has 0 radical (unpaired) electrons. The van der Waals surface area contributed by atoms with Gasteiger partial charge in [-0.1, -0.05) is 32.4 Å². The fourth-order valence-corrected chi connectivity index (χ4v) is 4.82. The molecule has 0 fully saturated rings. The highest BCUT2D eigenvalue weighted by Gasteiger charge is 2.29. The summed E-state index contributed by atoms with van der Waals surface area (Å²) in [5, 5.41) is 11.6. The Hall–Kier alpha value is -2.96. The number of aryl methyl sites for hydroxylation is 1. The minimum Gasteiger partial charge on any atom is -0.345 e. The van der Waals surface area contributed by atoms with E-state index in [9.17, 15) is 13.4 Å². The number of nitriles is 1. The number of nitrogens with zero attached hydrogens (tertiary/aromatic N) is 2. The number of hydrogen-bond acceptors (Lipinski definition) is 4. The number of nitrogens with one attached hydrogen (secondary N) is 3. The third-order valence-corrected chi connectivity index (χ3v) is 6.63. The SMILES string of the molecule is CC[C@H](C)C1C=Cc2c(cn(C)c2C(=O)Nc2ccc(F)c(C#N)c2)S(=N)(=O)N1. The van der Waals surface area contributed by atoms with Crippen molar-refractivity contribution in [1.82, 2.24) is 9.29 Å². The van der Waals surface area contributed by atoms with Crippen LogP contribution in [0.3, 0.4) is 0 Å². The molecule has 1 aliphatic heterocycles. The van der Waals surface area contributed by atoms with Crippen molar-refractivity contribution in [3.8, 4) is 6.07 Å². The molecule has 0 spiro atoms. The van der Waals surface area contributed by atoms with Crippen LogP contribution >= 0.6 is 0 Å². The minimum atomic E-state index is -3.31. The Bertz CT molecular complexity index is 1140. The molecule has 0 bridgehead atoms. The summed E-state index contributed by atoms with van der Waals surface area (Å²) in [6, 6.07) is 5.19. The zero-order valence-electron chi connectivity index (χ0n) is 16.3. The van der Waals surface area contributed by atoms with Crippen LogP contribution in [0.2, 0.25) is 0 Å². The van der Waals surface area contributed by atoms with Gasteiger partial charge in [0.2, 0.25) is 0 Å². The third kappa shape index (κ3) is 3.95. The third-order valence-electron chi connectivity index (χ3n) is 5.08. The number of aromatic nitrogens is 1. The Morgan fingerprint density at radius 1 is 1.52 bits per heavy atom. The number of hydrogen-bond donors (Lipinski definition) is 3. The zero-order chi connectivity index (χ0) is 21.3. The Morgan fingerprint density at radius 3 is 2.90 bits per heavy atom. The maximum absolute atomic E-state index is 13.5. The average molecular weight is 415 g/mol. The number of anilines is 1. The standard InChI is InChI=1S/C20H22FN5O2S/c1-4-12(2)17-8-6-15-18(29(23,28)25-17)11-26(3)19(15)20(27)24-14-5-7-16(21)13(9-14)10-22/h5-9,11-12,17H,4H2,1-3H3,(H,24,27)(H2,23,25,28)/t12-,17?,29?/m0/s1. The number of fused-ring (bicyclic) bond motifs is 1. The van der Waals surface area contributed by atoms with Gasteiger partial charge in [-0.3, -0.25) is 4.79 Å². The van der Waals surface area contributed by atoms with E-state index >= 15 is 0 Å². The molecule has 0 saturated heterocycles. The molecule has 0 saturated carbocycles. The van der Waals surface area contributed by atoms with E-state index in [0.717, 1.165) is 12.5 Å². The predicted molar refractivity (Wildman–Crippen MR) is 109 cm³/mol. The van der Waals surface area contributed by atoms with Crippen molar-refractivity contribution < 1.29 is 13.4 Å². The summed E-state index contributed by atoms with van der Waals surface area (Å²) >= 11 is 0. The van der Waals surface area contributed by atoms with Gasteiger partial charge in [0.05, 0.1) is 10.5 Å². The van der Waals surface area contributed by atoms with Crippen molar-refractivity contribution in [2.45, 2.75) is 31.2 Å². The monoisotopic (exact) mass is 415 g/mol. The number of amides is 1.